The molecule has 0 saturated carbocycles. The lowest BCUT2D eigenvalue weighted by atomic mass is 10.1. The van der Waals surface area contributed by atoms with Crippen LogP contribution in [0.1, 0.15) is 34.5 Å². The summed E-state index contributed by atoms with van der Waals surface area (Å²) in [5, 5.41) is 3.30. The van der Waals surface area contributed by atoms with Gasteiger partial charge in [0.25, 0.3) is 0 Å². The van der Waals surface area contributed by atoms with E-state index in [2.05, 4.69) is 5.32 Å². The summed E-state index contributed by atoms with van der Waals surface area (Å²) < 4.78 is 18.6. The number of carbonyl (C=O) groups excluding carboxylic acids is 1. The van der Waals surface area contributed by atoms with Crippen LogP contribution in [0, 0.1) is 5.82 Å². The van der Waals surface area contributed by atoms with Crippen molar-refractivity contribution in [1.82, 2.24) is 5.32 Å². The first-order valence-electron chi connectivity index (χ1n) is 6.97. The fraction of sp³-hybridized carbons (Fsp3) is 0.235. The molecule has 0 aliphatic carbocycles. The van der Waals surface area contributed by atoms with Gasteiger partial charge in [0.05, 0.1) is 7.11 Å². The Morgan fingerprint density at radius 3 is 2.50 bits per heavy atom. The van der Waals surface area contributed by atoms with Crippen LogP contribution in [0.5, 0.6) is 5.75 Å². The molecule has 1 amide bonds. The summed E-state index contributed by atoms with van der Waals surface area (Å²) in [7, 11) is 1.44. The number of rotatable bonds is 6. The Morgan fingerprint density at radius 1 is 1.27 bits per heavy atom. The summed E-state index contributed by atoms with van der Waals surface area (Å²) >= 11 is 0. The average Bonchev–Trinajstić information content (AvgIpc) is 2.52. The van der Waals surface area contributed by atoms with E-state index in [1.54, 1.807) is 18.2 Å². The van der Waals surface area contributed by atoms with E-state index in [-0.39, 0.29) is 17.6 Å². The van der Waals surface area contributed by atoms with Crippen LogP contribution in [0.25, 0.3) is 0 Å². The zero-order valence-corrected chi connectivity index (χ0v) is 12.6. The van der Waals surface area contributed by atoms with Gasteiger partial charge >= 0.3 is 0 Å². The van der Waals surface area contributed by atoms with Crippen molar-refractivity contribution < 1.29 is 13.9 Å². The van der Waals surface area contributed by atoms with Crippen molar-refractivity contribution in [3.63, 3.8) is 0 Å². The highest BCUT2D eigenvalue weighted by molar-refractivity contribution is 5.92. The van der Waals surface area contributed by atoms with Crippen molar-refractivity contribution in [2.24, 2.45) is 5.73 Å². The summed E-state index contributed by atoms with van der Waals surface area (Å²) in [5.74, 6) is -0.584. The predicted molar refractivity (Wildman–Crippen MR) is 83.2 cm³/mol. The molecular weight excluding hydrogens is 283 g/mol. The van der Waals surface area contributed by atoms with E-state index >= 15 is 0 Å². The molecule has 2 aromatic rings. The second kappa shape index (κ2) is 7.04. The van der Waals surface area contributed by atoms with Crippen molar-refractivity contribution >= 4 is 5.91 Å². The molecule has 0 bridgehead atoms. The first-order chi connectivity index (χ1) is 10.5. The number of nitrogens with two attached hydrogens (primary N) is 1. The van der Waals surface area contributed by atoms with E-state index in [1.807, 2.05) is 25.1 Å². The molecule has 0 radical (unpaired) electrons. The molecule has 0 aliphatic rings. The van der Waals surface area contributed by atoms with Crippen LogP contribution in [0.4, 0.5) is 4.39 Å². The molecule has 0 aromatic heterocycles. The van der Waals surface area contributed by atoms with E-state index in [1.165, 1.54) is 13.2 Å². The lowest BCUT2D eigenvalue weighted by Crippen LogP contribution is -2.18. The molecular formula is C17H19FN2O2. The van der Waals surface area contributed by atoms with Crippen molar-refractivity contribution in [2.75, 3.05) is 7.11 Å². The number of halogens is 1. The molecule has 0 fully saturated rings. The normalized spacial score (nSPS) is 12.0. The SMILES string of the molecule is COc1ccc([C@@H](C)NCc2ccc(C(N)=O)cc2)cc1F. The van der Waals surface area contributed by atoms with Crippen LogP contribution in [-0.2, 0) is 6.54 Å². The average molecular weight is 302 g/mol. The van der Waals surface area contributed by atoms with Crippen LogP contribution >= 0.6 is 0 Å². The molecule has 0 saturated heterocycles. The third kappa shape index (κ3) is 3.83. The van der Waals surface area contributed by atoms with Gasteiger partial charge in [-0.3, -0.25) is 4.79 Å². The zero-order chi connectivity index (χ0) is 16.1. The zero-order valence-electron chi connectivity index (χ0n) is 12.6. The monoisotopic (exact) mass is 302 g/mol. The molecule has 0 aliphatic heterocycles. The Labute approximate surface area is 129 Å². The van der Waals surface area contributed by atoms with Gasteiger partial charge in [0, 0.05) is 18.2 Å². The standard InChI is InChI=1S/C17H19FN2O2/c1-11(14-7-8-16(22-2)15(18)9-14)20-10-12-3-5-13(6-4-12)17(19)21/h3-9,11,20H,10H2,1-2H3,(H2,19,21)/t11-/m1/s1. The van der Waals surface area contributed by atoms with Crippen LogP contribution in [0.3, 0.4) is 0 Å². The molecule has 0 unspecified atom stereocenters. The molecule has 0 spiro atoms. The number of hydrogen-bond acceptors (Lipinski definition) is 3. The molecule has 4 nitrogen and oxygen atoms in total. The lowest BCUT2D eigenvalue weighted by molar-refractivity contribution is 0.100. The Bertz CT molecular complexity index is 656. The number of amides is 1. The number of benzene rings is 2. The fourth-order valence-corrected chi connectivity index (χ4v) is 2.13. The van der Waals surface area contributed by atoms with Gasteiger partial charge in [0.15, 0.2) is 11.6 Å². The molecule has 1 atom stereocenters. The highest BCUT2D eigenvalue weighted by atomic mass is 19.1. The molecule has 0 heterocycles. The highest BCUT2D eigenvalue weighted by Gasteiger charge is 2.09. The second-order valence-electron chi connectivity index (χ2n) is 5.06. The van der Waals surface area contributed by atoms with Gasteiger partial charge in [0.1, 0.15) is 0 Å². The van der Waals surface area contributed by atoms with Gasteiger partial charge in [-0.15, -0.1) is 0 Å². The summed E-state index contributed by atoms with van der Waals surface area (Å²) in [6.07, 6.45) is 0. The Hall–Kier alpha value is -2.40. The predicted octanol–water partition coefficient (Wildman–Crippen LogP) is 2.78. The molecule has 116 valence electrons. The topological polar surface area (TPSA) is 64.3 Å². The first kappa shape index (κ1) is 16.0. The number of carbonyl (C=O) groups is 1. The van der Waals surface area contributed by atoms with Crippen molar-refractivity contribution in [2.45, 2.75) is 19.5 Å². The number of methoxy groups -OCH3 is 1. The quantitative estimate of drug-likeness (QED) is 0.862. The smallest absolute Gasteiger partial charge is 0.248 e. The fourth-order valence-electron chi connectivity index (χ4n) is 2.13. The van der Waals surface area contributed by atoms with E-state index in [0.29, 0.717) is 12.1 Å². The number of ether oxygens (including phenoxy) is 1. The highest BCUT2D eigenvalue weighted by Crippen LogP contribution is 2.22. The summed E-state index contributed by atoms with van der Waals surface area (Å²) in [6, 6.07) is 12.0. The third-order valence-electron chi connectivity index (χ3n) is 3.53. The maximum absolute atomic E-state index is 13.7. The van der Waals surface area contributed by atoms with Crippen LogP contribution < -0.4 is 15.8 Å². The second-order valence-corrected chi connectivity index (χ2v) is 5.06. The van der Waals surface area contributed by atoms with Crippen molar-refractivity contribution in [1.29, 1.82) is 0 Å². The van der Waals surface area contributed by atoms with Gasteiger partial charge in [-0.25, -0.2) is 4.39 Å². The van der Waals surface area contributed by atoms with Gasteiger partial charge in [-0.2, -0.15) is 0 Å². The van der Waals surface area contributed by atoms with Gasteiger partial charge in [0.2, 0.25) is 5.91 Å². The van der Waals surface area contributed by atoms with E-state index in [9.17, 15) is 9.18 Å². The number of primary amides is 1. The van der Waals surface area contributed by atoms with Crippen molar-refractivity contribution in [3.05, 3.63) is 65.0 Å². The molecule has 5 heteroatoms. The van der Waals surface area contributed by atoms with E-state index < -0.39 is 5.91 Å². The summed E-state index contributed by atoms with van der Waals surface area (Å²) in [5.41, 5.74) is 7.54. The Morgan fingerprint density at radius 2 is 1.95 bits per heavy atom. The third-order valence-corrected chi connectivity index (χ3v) is 3.53. The number of hydrogen-bond donors (Lipinski definition) is 2. The van der Waals surface area contributed by atoms with Gasteiger partial charge in [-0.05, 0) is 42.3 Å². The minimum absolute atomic E-state index is 0.0174. The number of nitrogens with one attached hydrogen (secondary N) is 1. The van der Waals surface area contributed by atoms with E-state index in [0.717, 1.165) is 11.1 Å². The van der Waals surface area contributed by atoms with Crippen LogP contribution in [0.15, 0.2) is 42.5 Å². The largest absolute Gasteiger partial charge is 0.494 e. The Kier molecular flexibility index (Phi) is 5.12. The molecule has 2 aromatic carbocycles. The molecule has 22 heavy (non-hydrogen) atoms. The van der Waals surface area contributed by atoms with Crippen molar-refractivity contribution in [3.8, 4) is 5.75 Å². The van der Waals surface area contributed by atoms with E-state index in [4.69, 9.17) is 10.5 Å². The summed E-state index contributed by atoms with van der Waals surface area (Å²) in [6.45, 7) is 2.56. The molecule has 3 N–H and O–H groups in total. The first-order valence-corrected chi connectivity index (χ1v) is 6.97. The minimum Gasteiger partial charge on any atom is -0.494 e. The van der Waals surface area contributed by atoms with Crippen LogP contribution in [0.2, 0.25) is 0 Å². The van der Waals surface area contributed by atoms with Gasteiger partial charge < -0.3 is 15.8 Å². The van der Waals surface area contributed by atoms with Crippen LogP contribution in [-0.4, -0.2) is 13.0 Å². The lowest BCUT2D eigenvalue weighted by Gasteiger charge is -2.15. The Balaban J connectivity index is 1.98. The maximum atomic E-state index is 13.7. The molecule has 2 rings (SSSR count). The summed E-state index contributed by atoms with van der Waals surface area (Å²) in [4.78, 5) is 11.0. The minimum atomic E-state index is -0.443. The van der Waals surface area contributed by atoms with Gasteiger partial charge in [-0.1, -0.05) is 18.2 Å². The maximum Gasteiger partial charge on any atom is 0.248 e.